The van der Waals surface area contributed by atoms with Crippen LogP contribution in [0.3, 0.4) is 0 Å². The molecule has 0 aromatic heterocycles. The number of benzene rings is 2. The molecular weight excluding hydrogens is 430 g/mol. The van der Waals surface area contributed by atoms with Crippen LogP contribution in [0.2, 0.25) is 5.04 Å². The van der Waals surface area contributed by atoms with Crippen molar-refractivity contribution >= 4 is 29.7 Å². The standard InChI is InChI=1S/C27H39NO2SSi/c1-8-25(28-31(29)26(2,3)4)24-19-21(24)20-30-32(27(5,6)7,22-15-11-9-12-16-22)23-17-13-10-14-18-23/h8-18,21,24-25,28H,1,19-20H2,2-7H3/t21-,24-,25+,31?/m1/s1. The smallest absolute Gasteiger partial charge is 0.261 e. The monoisotopic (exact) mass is 469 g/mol. The number of nitrogens with one attached hydrogen (secondary N) is 1. The van der Waals surface area contributed by atoms with Crippen molar-refractivity contribution in [3.63, 3.8) is 0 Å². The molecule has 0 bridgehead atoms. The van der Waals surface area contributed by atoms with E-state index in [0.717, 1.165) is 6.42 Å². The van der Waals surface area contributed by atoms with Crippen LogP contribution < -0.4 is 15.1 Å². The summed E-state index contributed by atoms with van der Waals surface area (Å²) in [6, 6.07) is 21.6. The molecule has 1 saturated carbocycles. The van der Waals surface area contributed by atoms with Crippen LogP contribution >= 0.6 is 0 Å². The van der Waals surface area contributed by atoms with Gasteiger partial charge in [0.2, 0.25) is 0 Å². The fraction of sp³-hybridized carbons (Fsp3) is 0.481. The third-order valence-electron chi connectivity index (χ3n) is 6.42. The highest BCUT2D eigenvalue weighted by molar-refractivity contribution is 7.84. The molecule has 0 aliphatic heterocycles. The van der Waals surface area contributed by atoms with E-state index in [1.54, 1.807) is 0 Å². The summed E-state index contributed by atoms with van der Waals surface area (Å²) in [4.78, 5) is 0. The van der Waals surface area contributed by atoms with Crippen molar-refractivity contribution in [1.29, 1.82) is 0 Å². The van der Waals surface area contributed by atoms with Gasteiger partial charge in [-0.25, -0.2) is 8.93 Å². The van der Waals surface area contributed by atoms with Crippen molar-refractivity contribution in [2.45, 2.75) is 63.8 Å². The Hall–Kier alpha value is -1.53. The Morgan fingerprint density at radius 2 is 1.53 bits per heavy atom. The largest absolute Gasteiger partial charge is 0.407 e. The van der Waals surface area contributed by atoms with E-state index in [9.17, 15) is 4.21 Å². The minimum Gasteiger partial charge on any atom is -0.407 e. The van der Waals surface area contributed by atoms with Crippen molar-refractivity contribution in [3.05, 3.63) is 73.3 Å². The number of rotatable bonds is 9. The summed E-state index contributed by atoms with van der Waals surface area (Å²) in [6.45, 7) is 17.6. The van der Waals surface area contributed by atoms with Crippen LogP contribution in [-0.4, -0.2) is 29.9 Å². The summed E-state index contributed by atoms with van der Waals surface area (Å²) >= 11 is 0. The zero-order valence-corrected chi connectivity index (χ0v) is 22.2. The van der Waals surface area contributed by atoms with Gasteiger partial charge < -0.3 is 4.43 Å². The van der Waals surface area contributed by atoms with Gasteiger partial charge in [0.1, 0.15) is 0 Å². The van der Waals surface area contributed by atoms with Crippen LogP contribution in [0.15, 0.2) is 73.3 Å². The maximum absolute atomic E-state index is 12.6. The lowest BCUT2D eigenvalue weighted by Gasteiger charge is -2.43. The van der Waals surface area contributed by atoms with Crippen LogP contribution in [0.25, 0.3) is 0 Å². The van der Waals surface area contributed by atoms with Crippen molar-refractivity contribution in [3.8, 4) is 0 Å². The molecule has 4 atom stereocenters. The molecule has 2 aromatic rings. The first-order valence-corrected chi connectivity index (χ1v) is 14.6. The summed E-state index contributed by atoms with van der Waals surface area (Å²) in [5, 5.41) is 2.59. The second-order valence-electron chi connectivity index (χ2n) is 10.9. The van der Waals surface area contributed by atoms with Gasteiger partial charge in [-0.15, -0.1) is 6.58 Å². The first kappa shape index (κ1) is 25.1. The summed E-state index contributed by atoms with van der Waals surface area (Å²) in [6.07, 6.45) is 2.99. The topological polar surface area (TPSA) is 38.3 Å². The lowest BCUT2D eigenvalue weighted by molar-refractivity contribution is 0.271. The molecule has 0 radical (unpaired) electrons. The zero-order valence-electron chi connectivity index (χ0n) is 20.4. The van der Waals surface area contributed by atoms with Crippen LogP contribution in [0, 0.1) is 11.8 Å². The Labute approximate surface area is 198 Å². The van der Waals surface area contributed by atoms with Gasteiger partial charge in [-0.05, 0) is 54.4 Å². The quantitative estimate of drug-likeness (QED) is 0.423. The molecule has 5 heteroatoms. The van der Waals surface area contributed by atoms with Gasteiger partial charge in [0.05, 0.1) is 15.7 Å². The maximum Gasteiger partial charge on any atom is 0.261 e. The van der Waals surface area contributed by atoms with Crippen LogP contribution in [0.5, 0.6) is 0 Å². The second-order valence-corrected chi connectivity index (χ2v) is 17.2. The van der Waals surface area contributed by atoms with E-state index in [2.05, 4.69) is 92.7 Å². The minimum absolute atomic E-state index is 0.0239. The third kappa shape index (κ3) is 5.33. The Bertz CT molecular complexity index is 879. The Kier molecular flexibility index (Phi) is 7.65. The van der Waals surface area contributed by atoms with Gasteiger partial charge in [-0.3, -0.25) is 0 Å². The molecule has 1 N–H and O–H groups in total. The van der Waals surface area contributed by atoms with E-state index in [1.807, 2.05) is 26.8 Å². The first-order chi connectivity index (χ1) is 15.0. The molecule has 0 amide bonds. The molecule has 3 nitrogen and oxygen atoms in total. The summed E-state index contributed by atoms with van der Waals surface area (Å²) in [5.41, 5.74) is 0. The molecule has 1 aliphatic rings. The summed E-state index contributed by atoms with van der Waals surface area (Å²) in [7, 11) is -3.63. The Morgan fingerprint density at radius 3 is 1.94 bits per heavy atom. The second kappa shape index (κ2) is 9.76. The molecular formula is C27H39NO2SSi. The van der Waals surface area contributed by atoms with Crippen molar-refractivity contribution in [2.75, 3.05) is 6.61 Å². The summed E-state index contributed by atoms with van der Waals surface area (Å²) < 4.78 is 22.7. The molecule has 2 aromatic carbocycles. The molecule has 3 rings (SSSR count). The van der Waals surface area contributed by atoms with E-state index >= 15 is 0 Å². The number of hydrogen-bond donors (Lipinski definition) is 1. The Morgan fingerprint density at radius 1 is 1.03 bits per heavy atom. The molecule has 1 aliphatic carbocycles. The van der Waals surface area contributed by atoms with Gasteiger partial charge in [-0.2, -0.15) is 0 Å². The zero-order chi connectivity index (χ0) is 23.6. The Balaban J connectivity index is 1.84. The fourth-order valence-electron chi connectivity index (χ4n) is 4.51. The normalized spacial score (nSPS) is 21.1. The summed E-state index contributed by atoms with van der Waals surface area (Å²) in [5.74, 6) is 0.862. The lowest BCUT2D eigenvalue weighted by Crippen LogP contribution is -2.66. The SMILES string of the molecule is C=C[C@H](NS(=O)C(C)(C)C)[C@@H]1C[C@@H]1CO[Si](c1ccccc1)(c1ccccc1)C(C)(C)C. The average molecular weight is 470 g/mol. The van der Waals surface area contributed by atoms with E-state index in [1.165, 1.54) is 10.4 Å². The highest BCUT2D eigenvalue weighted by Gasteiger charge is 2.52. The minimum atomic E-state index is -2.51. The predicted octanol–water partition coefficient (Wildman–Crippen LogP) is 4.81. The average Bonchev–Trinajstić information content (AvgIpc) is 3.51. The first-order valence-electron chi connectivity index (χ1n) is 11.6. The van der Waals surface area contributed by atoms with E-state index in [0.29, 0.717) is 18.4 Å². The molecule has 32 heavy (non-hydrogen) atoms. The molecule has 0 saturated heterocycles. The predicted molar refractivity (Wildman–Crippen MR) is 140 cm³/mol. The molecule has 0 spiro atoms. The van der Waals surface area contributed by atoms with Crippen molar-refractivity contribution < 1.29 is 8.63 Å². The van der Waals surface area contributed by atoms with Crippen molar-refractivity contribution in [1.82, 2.24) is 4.72 Å². The van der Waals surface area contributed by atoms with Gasteiger partial charge in [0, 0.05) is 12.6 Å². The van der Waals surface area contributed by atoms with Crippen LogP contribution in [0.1, 0.15) is 48.0 Å². The van der Waals surface area contributed by atoms with Gasteiger partial charge >= 0.3 is 0 Å². The van der Waals surface area contributed by atoms with Crippen LogP contribution in [-0.2, 0) is 15.4 Å². The molecule has 1 unspecified atom stereocenters. The molecule has 1 fully saturated rings. The van der Waals surface area contributed by atoms with E-state index in [4.69, 9.17) is 4.43 Å². The highest BCUT2D eigenvalue weighted by atomic mass is 32.2. The molecule has 174 valence electrons. The number of hydrogen-bond acceptors (Lipinski definition) is 2. The molecule has 0 heterocycles. The third-order valence-corrected chi connectivity index (χ3v) is 13.0. The fourth-order valence-corrected chi connectivity index (χ4v) is 10.00. The van der Waals surface area contributed by atoms with Gasteiger partial charge in [-0.1, -0.05) is 87.5 Å². The van der Waals surface area contributed by atoms with Gasteiger partial charge in [0.15, 0.2) is 0 Å². The lowest BCUT2D eigenvalue weighted by atomic mass is 10.2. The van der Waals surface area contributed by atoms with E-state index in [-0.39, 0.29) is 15.8 Å². The van der Waals surface area contributed by atoms with Crippen LogP contribution in [0.4, 0.5) is 0 Å². The van der Waals surface area contributed by atoms with Gasteiger partial charge in [0.25, 0.3) is 8.32 Å². The van der Waals surface area contributed by atoms with Crippen molar-refractivity contribution in [2.24, 2.45) is 11.8 Å². The maximum atomic E-state index is 12.6. The van der Waals surface area contributed by atoms with E-state index < -0.39 is 19.3 Å². The highest BCUT2D eigenvalue weighted by Crippen LogP contribution is 2.44.